The summed E-state index contributed by atoms with van der Waals surface area (Å²) in [7, 11) is 0. The Bertz CT molecular complexity index is 1050. The smallest absolute Gasteiger partial charge is 0.270 e. The molecule has 1 aromatic heterocycles. The topological polar surface area (TPSA) is 69.3 Å². The summed E-state index contributed by atoms with van der Waals surface area (Å²) in [6.45, 7) is 12.3. The minimum atomic E-state index is -0.237. The van der Waals surface area contributed by atoms with Crippen LogP contribution in [0.25, 0.3) is 6.08 Å². The molecule has 0 aliphatic carbocycles. The first kappa shape index (κ1) is 24.5. The van der Waals surface area contributed by atoms with Gasteiger partial charge in [0.25, 0.3) is 11.5 Å². The van der Waals surface area contributed by atoms with Crippen molar-refractivity contribution in [3.8, 4) is 6.07 Å². The molecule has 0 bridgehead atoms. The minimum Gasteiger partial charge on any atom is -0.357 e. The summed E-state index contributed by atoms with van der Waals surface area (Å²) in [4.78, 5) is 30.8. The van der Waals surface area contributed by atoms with Gasteiger partial charge in [0.1, 0.15) is 21.8 Å². The van der Waals surface area contributed by atoms with Gasteiger partial charge in [-0.25, -0.2) is 0 Å². The summed E-state index contributed by atoms with van der Waals surface area (Å²) in [6.07, 6.45) is 5.86. The fraction of sp³-hybridized carbons (Fsp3) is 0.583. The number of unbranched alkanes of at least 4 members (excludes halogenated alkanes) is 1. The molecule has 1 atom stereocenters. The van der Waals surface area contributed by atoms with Crippen molar-refractivity contribution >= 4 is 46.1 Å². The van der Waals surface area contributed by atoms with Crippen LogP contribution >= 0.6 is 24.0 Å². The second-order valence-electron chi connectivity index (χ2n) is 9.00. The second kappa shape index (κ2) is 10.2. The van der Waals surface area contributed by atoms with E-state index in [9.17, 15) is 14.9 Å². The van der Waals surface area contributed by atoms with E-state index in [0.717, 1.165) is 50.2 Å². The number of anilines is 1. The first-order valence-corrected chi connectivity index (χ1v) is 12.6. The van der Waals surface area contributed by atoms with Crippen molar-refractivity contribution in [2.24, 2.45) is 5.92 Å². The quantitative estimate of drug-likeness (QED) is 0.442. The number of carbonyl (C=O) groups is 1. The molecule has 6 nitrogen and oxygen atoms in total. The van der Waals surface area contributed by atoms with E-state index in [0.29, 0.717) is 27.3 Å². The van der Waals surface area contributed by atoms with E-state index in [1.54, 1.807) is 9.47 Å². The van der Waals surface area contributed by atoms with Crippen molar-refractivity contribution in [3.05, 3.63) is 31.9 Å². The first-order chi connectivity index (χ1) is 15.2. The van der Waals surface area contributed by atoms with Gasteiger partial charge in [-0.2, -0.15) is 5.26 Å². The van der Waals surface area contributed by atoms with Crippen LogP contribution in [-0.2, 0) is 11.3 Å². The molecule has 0 spiro atoms. The van der Waals surface area contributed by atoms with Gasteiger partial charge in [-0.1, -0.05) is 44.2 Å². The molecule has 1 aromatic rings. The van der Waals surface area contributed by atoms with Gasteiger partial charge in [0.2, 0.25) is 0 Å². The SMILES string of the molecule is CCCCn1c(N2CCCC(C)C2)c(C=C2SC(=S)N(C(C)C)C2=O)c(C)c(C#N)c1=O. The van der Waals surface area contributed by atoms with E-state index in [4.69, 9.17) is 12.2 Å². The number of pyridine rings is 1. The number of nitriles is 1. The number of hydrogen-bond donors (Lipinski definition) is 0. The zero-order valence-electron chi connectivity index (χ0n) is 19.6. The highest BCUT2D eigenvalue weighted by Gasteiger charge is 2.35. The zero-order valence-corrected chi connectivity index (χ0v) is 21.2. The maximum absolute atomic E-state index is 13.3. The fourth-order valence-electron chi connectivity index (χ4n) is 4.45. The molecule has 2 aliphatic heterocycles. The fourth-order valence-corrected chi connectivity index (χ4v) is 5.95. The third-order valence-electron chi connectivity index (χ3n) is 6.15. The maximum atomic E-state index is 13.3. The predicted molar refractivity (Wildman–Crippen MR) is 136 cm³/mol. The third kappa shape index (κ3) is 4.65. The molecule has 172 valence electrons. The van der Waals surface area contributed by atoms with Gasteiger partial charge in [0.05, 0.1) is 4.91 Å². The molecule has 0 radical (unpaired) electrons. The first-order valence-electron chi connectivity index (χ1n) is 11.4. The molecular weight excluding hydrogens is 440 g/mol. The summed E-state index contributed by atoms with van der Waals surface area (Å²) in [5.74, 6) is 1.24. The summed E-state index contributed by atoms with van der Waals surface area (Å²) in [6, 6.07) is 2.10. The highest BCUT2D eigenvalue weighted by Crippen LogP contribution is 2.37. The lowest BCUT2D eigenvalue weighted by Gasteiger charge is -2.36. The van der Waals surface area contributed by atoms with Gasteiger partial charge in [-0.15, -0.1) is 0 Å². The van der Waals surface area contributed by atoms with Crippen molar-refractivity contribution in [3.63, 3.8) is 0 Å². The molecule has 1 amide bonds. The molecule has 2 fully saturated rings. The number of hydrogen-bond acceptors (Lipinski definition) is 6. The number of nitrogens with zero attached hydrogens (tertiary/aromatic N) is 4. The van der Waals surface area contributed by atoms with Gasteiger partial charge in [0.15, 0.2) is 0 Å². The number of rotatable bonds is 6. The Balaban J connectivity index is 2.26. The summed E-state index contributed by atoms with van der Waals surface area (Å²) < 4.78 is 2.31. The highest BCUT2D eigenvalue weighted by molar-refractivity contribution is 8.26. The van der Waals surface area contributed by atoms with Gasteiger partial charge in [-0.3, -0.25) is 19.1 Å². The summed E-state index contributed by atoms with van der Waals surface area (Å²) in [5.41, 5.74) is 1.34. The third-order valence-corrected chi connectivity index (χ3v) is 7.48. The molecule has 3 rings (SSSR count). The van der Waals surface area contributed by atoms with Crippen LogP contribution in [0, 0.1) is 24.2 Å². The van der Waals surface area contributed by atoms with Crippen LogP contribution in [0.1, 0.15) is 70.1 Å². The van der Waals surface area contributed by atoms with Crippen molar-refractivity contribution < 1.29 is 4.79 Å². The van der Waals surface area contributed by atoms with Crippen LogP contribution in [0.4, 0.5) is 5.82 Å². The predicted octanol–water partition coefficient (Wildman–Crippen LogP) is 4.67. The summed E-state index contributed by atoms with van der Waals surface area (Å²) in [5, 5.41) is 9.79. The Morgan fingerprint density at radius 1 is 1.34 bits per heavy atom. The van der Waals surface area contributed by atoms with E-state index in [-0.39, 0.29) is 23.1 Å². The monoisotopic (exact) mass is 472 g/mol. The number of piperidine rings is 1. The number of aromatic nitrogens is 1. The lowest BCUT2D eigenvalue weighted by molar-refractivity contribution is -0.123. The van der Waals surface area contributed by atoms with Gasteiger partial charge < -0.3 is 4.90 Å². The Hall–Kier alpha value is -2.11. The minimum absolute atomic E-state index is 0.0231. The largest absolute Gasteiger partial charge is 0.357 e. The Labute approximate surface area is 200 Å². The Kier molecular flexibility index (Phi) is 7.84. The lowest BCUT2D eigenvalue weighted by Crippen LogP contribution is -2.40. The number of thioether (sulfide) groups is 1. The van der Waals surface area contributed by atoms with Crippen LogP contribution in [0.2, 0.25) is 0 Å². The molecular formula is C24H32N4O2S2. The Morgan fingerprint density at radius 2 is 2.06 bits per heavy atom. The highest BCUT2D eigenvalue weighted by atomic mass is 32.2. The molecule has 2 aliphatic rings. The zero-order chi connectivity index (χ0) is 23.6. The van der Waals surface area contributed by atoms with Crippen LogP contribution < -0.4 is 10.5 Å². The average Bonchev–Trinajstić information content (AvgIpc) is 3.02. The van der Waals surface area contributed by atoms with Crippen molar-refractivity contribution in [1.82, 2.24) is 9.47 Å². The second-order valence-corrected chi connectivity index (χ2v) is 10.7. The van der Waals surface area contributed by atoms with E-state index in [1.807, 2.05) is 26.8 Å². The van der Waals surface area contributed by atoms with Crippen LogP contribution in [0.3, 0.4) is 0 Å². The number of thiocarbonyl (C=S) groups is 1. The van der Waals surface area contributed by atoms with Crippen LogP contribution in [0.5, 0.6) is 0 Å². The summed E-state index contributed by atoms with van der Waals surface area (Å²) >= 11 is 6.75. The molecule has 0 aromatic carbocycles. The van der Waals surface area contributed by atoms with E-state index >= 15 is 0 Å². The number of amides is 1. The molecule has 8 heteroatoms. The molecule has 1 unspecified atom stereocenters. The van der Waals surface area contributed by atoms with E-state index in [1.165, 1.54) is 11.8 Å². The van der Waals surface area contributed by atoms with Crippen molar-refractivity contribution in [2.45, 2.75) is 72.9 Å². The lowest BCUT2D eigenvalue weighted by atomic mass is 9.97. The van der Waals surface area contributed by atoms with E-state index in [2.05, 4.69) is 24.8 Å². The molecule has 3 heterocycles. The van der Waals surface area contributed by atoms with Crippen molar-refractivity contribution in [2.75, 3.05) is 18.0 Å². The van der Waals surface area contributed by atoms with Gasteiger partial charge in [0, 0.05) is 31.2 Å². The Morgan fingerprint density at radius 3 is 2.62 bits per heavy atom. The molecule has 0 N–H and O–H groups in total. The average molecular weight is 473 g/mol. The van der Waals surface area contributed by atoms with Gasteiger partial charge in [-0.05, 0) is 57.6 Å². The maximum Gasteiger partial charge on any atom is 0.270 e. The molecule has 32 heavy (non-hydrogen) atoms. The number of carbonyl (C=O) groups excluding carboxylic acids is 1. The van der Waals surface area contributed by atoms with Crippen LogP contribution in [-0.4, -0.2) is 38.8 Å². The van der Waals surface area contributed by atoms with Crippen LogP contribution in [0.15, 0.2) is 9.70 Å². The normalized spacial score (nSPS) is 20.5. The van der Waals surface area contributed by atoms with E-state index < -0.39 is 0 Å². The molecule has 0 saturated carbocycles. The molecule has 2 saturated heterocycles. The standard InChI is InChI=1S/C24H32N4O2S2/c1-6-7-11-27-21(26-10-8-9-16(4)14-26)18(17(5)19(13-25)22(27)29)12-20-23(30)28(15(2)3)24(31)32-20/h12,15-16H,6-11,14H2,1-5H3. The van der Waals surface area contributed by atoms with Crippen molar-refractivity contribution in [1.29, 1.82) is 5.26 Å². The van der Waals surface area contributed by atoms with Gasteiger partial charge >= 0.3 is 0 Å².